The molecule has 0 amide bonds. The Hall–Kier alpha value is -2.55. The van der Waals surface area contributed by atoms with E-state index in [-0.39, 0.29) is 12.1 Å². The van der Waals surface area contributed by atoms with Gasteiger partial charge in [0.25, 0.3) is 0 Å². The molecule has 4 rings (SSSR count). The van der Waals surface area contributed by atoms with Gasteiger partial charge in [-0.3, -0.25) is 5.01 Å². The Morgan fingerprint density at radius 1 is 1.19 bits per heavy atom. The van der Waals surface area contributed by atoms with Crippen LogP contribution in [0.2, 0.25) is 0 Å². The van der Waals surface area contributed by atoms with E-state index in [4.69, 9.17) is 15.1 Å². The monoisotopic (exact) mass is 369 g/mol. The summed E-state index contributed by atoms with van der Waals surface area (Å²) in [6.45, 7) is 6.10. The molecule has 4 heterocycles. The lowest BCUT2D eigenvalue weighted by Crippen LogP contribution is -2.52. The molecule has 144 valence electrons. The maximum absolute atomic E-state index is 5.03. The number of rotatable bonds is 3. The first-order valence-corrected chi connectivity index (χ1v) is 9.59. The predicted molar refractivity (Wildman–Crippen MR) is 107 cm³/mol. The minimum Gasteiger partial charge on any atom is -0.338 e. The third-order valence-corrected chi connectivity index (χ3v) is 5.21. The molecule has 2 atom stereocenters. The summed E-state index contributed by atoms with van der Waals surface area (Å²) >= 11 is 0. The van der Waals surface area contributed by atoms with E-state index < -0.39 is 0 Å². The molecule has 0 aromatic carbocycles. The molecule has 1 aromatic heterocycles. The molecule has 1 fully saturated rings. The van der Waals surface area contributed by atoms with Crippen molar-refractivity contribution in [2.75, 3.05) is 45.6 Å². The van der Waals surface area contributed by atoms with Crippen LogP contribution in [-0.4, -0.2) is 94.6 Å². The minimum absolute atomic E-state index is 0.00597. The molecular formula is C18H27N9. The van der Waals surface area contributed by atoms with Crippen LogP contribution >= 0.6 is 0 Å². The van der Waals surface area contributed by atoms with Crippen molar-refractivity contribution in [1.29, 1.82) is 0 Å². The van der Waals surface area contributed by atoms with Gasteiger partial charge >= 0.3 is 0 Å². The largest absolute Gasteiger partial charge is 0.338 e. The zero-order valence-electron chi connectivity index (χ0n) is 16.2. The summed E-state index contributed by atoms with van der Waals surface area (Å²) in [4.78, 5) is 22.8. The molecule has 1 saturated heterocycles. The number of hydrogen-bond acceptors (Lipinski definition) is 9. The standard InChI is InChI=1S/C18H27N9/c1-4-5-13-15-16(26(3)24-13)17(21-14-6-7-19-12-20-14)23-18(22-15)27-10-8-25(2)9-11-27/h6-7,12,15-16H,4-5,8-11H2,1-3H3,(H,19,20,21,22,23). The number of nitrogens with zero attached hydrogens (tertiary/aromatic N) is 8. The van der Waals surface area contributed by atoms with E-state index in [1.165, 1.54) is 6.33 Å². The second kappa shape index (κ2) is 7.59. The van der Waals surface area contributed by atoms with Crippen molar-refractivity contribution in [1.82, 2.24) is 24.8 Å². The molecule has 0 spiro atoms. The Balaban J connectivity index is 1.64. The number of aromatic nitrogens is 2. The van der Waals surface area contributed by atoms with Crippen LogP contribution in [0.4, 0.5) is 5.82 Å². The van der Waals surface area contributed by atoms with Crippen LogP contribution in [0.3, 0.4) is 0 Å². The second-order valence-electron chi connectivity index (χ2n) is 7.24. The Morgan fingerprint density at radius 3 is 2.70 bits per heavy atom. The molecule has 3 aliphatic heterocycles. The summed E-state index contributed by atoms with van der Waals surface area (Å²) in [7, 11) is 4.15. The van der Waals surface area contributed by atoms with Crippen LogP contribution in [0.1, 0.15) is 19.8 Å². The molecule has 0 aliphatic carbocycles. The van der Waals surface area contributed by atoms with Crippen LogP contribution in [-0.2, 0) is 0 Å². The van der Waals surface area contributed by atoms with Gasteiger partial charge < -0.3 is 15.1 Å². The van der Waals surface area contributed by atoms with Gasteiger partial charge in [0.1, 0.15) is 30.1 Å². The zero-order valence-corrected chi connectivity index (χ0v) is 16.2. The minimum atomic E-state index is -0.0160. The van der Waals surface area contributed by atoms with E-state index in [1.54, 1.807) is 6.20 Å². The number of amidine groups is 1. The van der Waals surface area contributed by atoms with Gasteiger partial charge in [0.2, 0.25) is 5.96 Å². The van der Waals surface area contributed by atoms with Crippen molar-refractivity contribution in [2.24, 2.45) is 15.1 Å². The number of piperazine rings is 1. The van der Waals surface area contributed by atoms with E-state index in [1.807, 2.05) is 18.1 Å². The molecule has 9 nitrogen and oxygen atoms in total. The first kappa shape index (κ1) is 17.8. The SMILES string of the molecule is CCCC1=NN(C)C2C(Nc3ccncn3)=NC(N3CCN(C)CC3)=NC12. The molecule has 1 aromatic rings. The molecule has 0 radical (unpaired) electrons. The van der Waals surface area contributed by atoms with Crippen LogP contribution in [0.5, 0.6) is 0 Å². The summed E-state index contributed by atoms with van der Waals surface area (Å²) < 4.78 is 0. The van der Waals surface area contributed by atoms with E-state index in [0.29, 0.717) is 0 Å². The van der Waals surface area contributed by atoms with Crippen LogP contribution < -0.4 is 5.32 Å². The number of fused-ring (bicyclic) bond motifs is 1. The topological polar surface area (TPSA) is 84.6 Å². The van der Waals surface area contributed by atoms with E-state index in [2.05, 4.69) is 39.1 Å². The Bertz CT molecular complexity index is 749. The first-order valence-electron chi connectivity index (χ1n) is 9.59. The number of anilines is 1. The van der Waals surface area contributed by atoms with Crippen LogP contribution in [0.25, 0.3) is 0 Å². The lowest BCUT2D eigenvalue weighted by molar-refractivity contribution is 0.212. The Kier molecular flexibility index (Phi) is 5.02. The lowest BCUT2D eigenvalue weighted by atomic mass is 9.99. The van der Waals surface area contributed by atoms with Gasteiger partial charge in [0.15, 0.2) is 0 Å². The van der Waals surface area contributed by atoms with Crippen molar-refractivity contribution in [3.8, 4) is 0 Å². The molecule has 0 saturated carbocycles. The Labute approximate surface area is 159 Å². The summed E-state index contributed by atoms with van der Waals surface area (Å²) in [5, 5.41) is 10.1. The average molecular weight is 369 g/mol. The highest BCUT2D eigenvalue weighted by Crippen LogP contribution is 2.26. The maximum Gasteiger partial charge on any atom is 0.223 e. The number of likely N-dealkylation sites (N-methyl/N-ethyl adjacent to an activating group) is 2. The predicted octanol–water partition coefficient (Wildman–Crippen LogP) is 0.743. The van der Waals surface area contributed by atoms with Gasteiger partial charge in [-0.15, -0.1) is 0 Å². The van der Waals surface area contributed by atoms with E-state index >= 15 is 0 Å². The van der Waals surface area contributed by atoms with Crippen molar-refractivity contribution < 1.29 is 0 Å². The van der Waals surface area contributed by atoms with E-state index in [9.17, 15) is 0 Å². The second-order valence-corrected chi connectivity index (χ2v) is 7.24. The first-order chi connectivity index (χ1) is 13.2. The Morgan fingerprint density at radius 2 is 2.00 bits per heavy atom. The molecular weight excluding hydrogens is 342 g/mol. The lowest BCUT2D eigenvalue weighted by Gasteiger charge is -2.36. The number of aliphatic imine (C=N–C) groups is 2. The summed E-state index contributed by atoms with van der Waals surface area (Å²) in [5.74, 6) is 2.39. The fourth-order valence-electron chi connectivity index (χ4n) is 3.72. The maximum atomic E-state index is 5.03. The van der Waals surface area contributed by atoms with Crippen molar-refractivity contribution in [3.05, 3.63) is 18.6 Å². The van der Waals surface area contributed by atoms with Gasteiger partial charge in [-0.05, 0) is 19.5 Å². The molecule has 0 bridgehead atoms. The third kappa shape index (κ3) is 3.64. The highest BCUT2D eigenvalue weighted by molar-refractivity contribution is 6.12. The van der Waals surface area contributed by atoms with Gasteiger partial charge in [0.05, 0.1) is 5.71 Å². The van der Waals surface area contributed by atoms with Crippen molar-refractivity contribution >= 4 is 23.3 Å². The molecule has 27 heavy (non-hydrogen) atoms. The van der Waals surface area contributed by atoms with Gasteiger partial charge in [-0.1, -0.05) is 13.3 Å². The van der Waals surface area contributed by atoms with Gasteiger partial charge in [-0.25, -0.2) is 15.0 Å². The number of hydrogen-bond donors (Lipinski definition) is 1. The van der Waals surface area contributed by atoms with Crippen LogP contribution in [0.15, 0.2) is 33.7 Å². The van der Waals surface area contributed by atoms with E-state index in [0.717, 1.165) is 62.3 Å². The number of guanidine groups is 1. The zero-order chi connectivity index (χ0) is 18.8. The average Bonchev–Trinajstić information content (AvgIpc) is 2.99. The van der Waals surface area contributed by atoms with Crippen LogP contribution in [0, 0.1) is 0 Å². The summed E-state index contributed by atoms with van der Waals surface area (Å²) in [6, 6.07) is 1.84. The number of nitrogens with one attached hydrogen (secondary N) is 1. The molecule has 9 heteroatoms. The van der Waals surface area contributed by atoms with Gasteiger partial charge in [0, 0.05) is 39.4 Å². The highest BCUT2D eigenvalue weighted by atomic mass is 15.5. The molecule has 3 aliphatic rings. The molecule has 2 unspecified atom stereocenters. The smallest absolute Gasteiger partial charge is 0.223 e. The summed E-state index contributed by atoms with van der Waals surface area (Å²) in [5.41, 5.74) is 1.13. The quantitative estimate of drug-likeness (QED) is 0.846. The molecule has 1 N–H and O–H groups in total. The highest BCUT2D eigenvalue weighted by Gasteiger charge is 2.42. The fraction of sp³-hybridized carbons (Fsp3) is 0.611. The van der Waals surface area contributed by atoms with Crippen molar-refractivity contribution in [3.63, 3.8) is 0 Å². The van der Waals surface area contributed by atoms with Gasteiger partial charge in [-0.2, -0.15) is 10.1 Å². The number of hydrazone groups is 1. The normalized spacial score (nSPS) is 25.7. The third-order valence-electron chi connectivity index (χ3n) is 5.21. The van der Waals surface area contributed by atoms with Crippen molar-refractivity contribution in [2.45, 2.75) is 31.8 Å². The fourth-order valence-corrected chi connectivity index (χ4v) is 3.72. The summed E-state index contributed by atoms with van der Waals surface area (Å²) in [6.07, 6.45) is 5.27.